The molecule has 2 aromatic carbocycles. The van der Waals surface area contributed by atoms with Gasteiger partial charge in [0.15, 0.2) is 0 Å². The highest BCUT2D eigenvalue weighted by Gasteiger charge is 2.18. The molecule has 2 N–H and O–H groups in total. The van der Waals surface area contributed by atoms with Gasteiger partial charge in [-0.1, -0.05) is 6.07 Å². The zero-order valence-electron chi connectivity index (χ0n) is 15.1. The number of nitrogens with one attached hydrogen (secondary N) is 2. The largest absolute Gasteiger partial charge is 0.495 e. The number of anilines is 2. The number of rotatable bonds is 7. The Labute approximate surface area is 157 Å². The van der Waals surface area contributed by atoms with E-state index in [1.54, 1.807) is 13.0 Å². The maximum atomic E-state index is 12.7. The minimum Gasteiger partial charge on any atom is -0.495 e. The van der Waals surface area contributed by atoms with Gasteiger partial charge in [0.05, 0.1) is 29.9 Å². The number of carbonyl (C=O) groups is 2. The molecule has 0 aliphatic carbocycles. The molecule has 0 atom stereocenters. The summed E-state index contributed by atoms with van der Waals surface area (Å²) in [5.74, 6) is -0.581. The van der Waals surface area contributed by atoms with Gasteiger partial charge < -0.3 is 14.8 Å². The monoisotopic (exact) mass is 392 g/mol. The van der Waals surface area contributed by atoms with Crippen molar-refractivity contribution in [3.8, 4) is 5.75 Å². The highest BCUT2D eigenvalue weighted by Crippen LogP contribution is 2.28. The Hall–Kier alpha value is -3.07. The van der Waals surface area contributed by atoms with Gasteiger partial charge in [-0.05, 0) is 43.3 Å². The van der Waals surface area contributed by atoms with Gasteiger partial charge in [-0.25, -0.2) is 13.2 Å². The lowest BCUT2D eigenvalue weighted by Crippen LogP contribution is -2.15. The van der Waals surface area contributed by atoms with Crippen molar-refractivity contribution in [2.45, 2.75) is 18.7 Å². The summed E-state index contributed by atoms with van der Waals surface area (Å²) in [7, 11) is -2.55. The third-order valence-electron chi connectivity index (χ3n) is 3.42. The van der Waals surface area contributed by atoms with Crippen molar-refractivity contribution in [1.29, 1.82) is 0 Å². The number of sulfonamides is 1. The molecule has 2 aromatic rings. The van der Waals surface area contributed by atoms with E-state index < -0.39 is 16.0 Å². The summed E-state index contributed by atoms with van der Waals surface area (Å²) in [6, 6.07) is 10.0. The van der Waals surface area contributed by atoms with Crippen LogP contribution in [0.5, 0.6) is 5.75 Å². The smallest absolute Gasteiger partial charge is 0.338 e. The van der Waals surface area contributed by atoms with E-state index >= 15 is 0 Å². The summed E-state index contributed by atoms with van der Waals surface area (Å²) in [6.45, 7) is 3.20. The first-order valence-electron chi connectivity index (χ1n) is 8.02. The van der Waals surface area contributed by atoms with Gasteiger partial charge in [0, 0.05) is 12.6 Å². The lowest BCUT2D eigenvalue weighted by Gasteiger charge is -2.13. The van der Waals surface area contributed by atoms with E-state index in [2.05, 4.69) is 10.0 Å². The zero-order chi connectivity index (χ0) is 20.0. The van der Waals surface area contributed by atoms with Crippen molar-refractivity contribution >= 4 is 33.3 Å². The molecule has 0 heterocycles. The summed E-state index contributed by atoms with van der Waals surface area (Å²) in [4.78, 5) is 23.0. The van der Waals surface area contributed by atoms with Crippen LogP contribution in [0.3, 0.4) is 0 Å². The highest BCUT2D eigenvalue weighted by molar-refractivity contribution is 7.92. The van der Waals surface area contributed by atoms with Crippen molar-refractivity contribution < 1.29 is 27.5 Å². The number of hydrogen-bond acceptors (Lipinski definition) is 6. The maximum absolute atomic E-state index is 12.7. The van der Waals surface area contributed by atoms with Crippen LogP contribution in [-0.2, 0) is 19.6 Å². The lowest BCUT2D eigenvalue weighted by atomic mass is 10.2. The second-order valence-electron chi connectivity index (χ2n) is 5.45. The second kappa shape index (κ2) is 8.54. The Morgan fingerprint density at radius 2 is 1.85 bits per heavy atom. The van der Waals surface area contributed by atoms with Crippen LogP contribution in [0, 0.1) is 0 Å². The summed E-state index contributed by atoms with van der Waals surface area (Å²) >= 11 is 0. The molecule has 0 aromatic heterocycles. The van der Waals surface area contributed by atoms with Crippen LogP contribution in [0.1, 0.15) is 24.2 Å². The molecule has 144 valence electrons. The Balaban J connectivity index is 2.33. The summed E-state index contributed by atoms with van der Waals surface area (Å²) < 4.78 is 37.8. The fraction of sp³-hybridized carbons (Fsp3) is 0.222. The average molecular weight is 392 g/mol. The summed E-state index contributed by atoms with van der Waals surface area (Å²) in [5.41, 5.74) is 0.663. The number of benzene rings is 2. The van der Waals surface area contributed by atoms with E-state index in [9.17, 15) is 18.0 Å². The summed E-state index contributed by atoms with van der Waals surface area (Å²) in [5, 5.41) is 2.52. The van der Waals surface area contributed by atoms with E-state index in [0.717, 1.165) is 0 Å². The van der Waals surface area contributed by atoms with E-state index in [4.69, 9.17) is 9.47 Å². The zero-order valence-corrected chi connectivity index (χ0v) is 15.9. The fourth-order valence-electron chi connectivity index (χ4n) is 2.28. The van der Waals surface area contributed by atoms with Crippen LogP contribution >= 0.6 is 0 Å². The third kappa shape index (κ3) is 5.20. The number of esters is 1. The molecule has 9 heteroatoms. The van der Waals surface area contributed by atoms with Crippen LogP contribution in [0.15, 0.2) is 47.4 Å². The molecular weight excluding hydrogens is 372 g/mol. The molecule has 1 amide bonds. The van der Waals surface area contributed by atoms with Crippen LogP contribution in [-0.4, -0.2) is 34.0 Å². The van der Waals surface area contributed by atoms with Crippen molar-refractivity contribution in [3.05, 3.63) is 48.0 Å². The van der Waals surface area contributed by atoms with Gasteiger partial charge in [0.25, 0.3) is 10.0 Å². The predicted octanol–water partition coefficient (Wildman–Crippen LogP) is 2.63. The van der Waals surface area contributed by atoms with Crippen molar-refractivity contribution in [2.75, 3.05) is 23.8 Å². The van der Waals surface area contributed by atoms with Crippen LogP contribution in [0.25, 0.3) is 0 Å². The first kappa shape index (κ1) is 20.2. The predicted molar refractivity (Wildman–Crippen MR) is 101 cm³/mol. The summed E-state index contributed by atoms with van der Waals surface area (Å²) in [6.07, 6.45) is 0. The lowest BCUT2D eigenvalue weighted by molar-refractivity contribution is -0.114. The van der Waals surface area contributed by atoms with Crippen LogP contribution in [0.2, 0.25) is 0 Å². The Bertz CT molecular complexity index is 956. The number of methoxy groups -OCH3 is 1. The molecule has 0 saturated carbocycles. The van der Waals surface area contributed by atoms with E-state index in [1.165, 1.54) is 50.4 Å². The average Bonchev–Trinajstić information content (AvgIpc) is 2.61. The molecule has 0 fully saturated rings. The molecule has 0 saturated heterocycles. The van der Waals surface area contributed by atoms with Gasteiger partial charge in [-0.3, -0.25) is 9.52 Å². The maximum Gasteiger partial charge on any atom is 0.338 e. The minimum absolute atomic E-state index is 0.0754. The number of hydrogen-bond donors (Lipinski definition) is 2. The first-order chi connectivity index (χ1) is 12.8. The van der Waals surface area contributed by atoms with Crippen molar-refractivity contribution in [2.24, 2.45) is 0 Å². The molecule has 0 aliphatic rings. The third-order valence-corrected chi connectivity index (χ3v) is 4.80. The molecule has 0 radical (unpaired) electrons. The van der Waals surface area contributed by atoms with Gasteiger partial charge in [0.1, 0.15) is 5.75 Å². The number of carbonyl (C=O) groups excluding carboxylic acids is 2. The topological polar surface area (TPSA) is 111 Å². The number of ether oxygens (including phenoxy) is 2. The molecule has 0 spiro atoms. The molecular formula is C18H20N2O6S. The molecule has 0 unspecified atom stereocenters. The Morgan fingerprint density at radius 3 is 2.48 bits per heavy atom. The fourth-order valence-corrected chi connectivity index (χ4v) is 3.36. The standard InChI is InChI=1S/C18H20N2O6S/c1-4-26-18(22)13-6-5-7-14(10-13)20-27(23,24)15-8-9-17(25-3)16(11-15)19-12(2)21/h5-11,20H,4H2,1-3H3,(H,19,21). The van der Waals surface area contributed by atoms with Gasteiger partial charge in [0.2, 0.25) is 5.91 Å². The van der Waals surface area contributed by atoms with E-state index in [0.29, 0.717) is 5.75 Å². The van der Waals surface area contributed by atoms with Gasteiger partial charge in [-0.15, -0.1) is 0 Å². The normalized spacial score (nSPS) is 10.8. The van der Waals surface area contributed by atoms with E-state index in [-0.39, 0.29) is 34.3 Å². The minimum atomic E-state index is -3.96. The van der Waals surface area contributed by atoms with Crippen LogP contribution < -0.4 is 14.8 Å². The Kier molecular flexibility index (Phi) is 6.40. The quantitative estimate of drug-likeness (QED) is 0.701. The van der Waals surface area contributed by atoms with E-state index in [1.807, 2.05) is 0 Å². The Morgan fingerprint density at radius 1 is 1.11 bits per heavy atom. The number of amides is 1. The van der Waals surface area contributed by atoms with Crippen molar-refractivity contribution in [1.82, 2.24) is 0 Å². The first-order valence-corrected chi connectivity index (χ1v) is 9.50. The molecule has 2 rings (SSSR count). The molecule has 27 heavy (non-hydrogen) atoms. The SMILES string of the molecule is CCOC(=O)c1cccc(NS(=O)(=O)c2ccc(OC)c(NC(C)=O)c2)c1. The van der Waals surface area contributed by atoms with Gasteiger partial charge >= 0.3 is 5.97 Å². The molecule has 8 nitrogen and oxygen atoms in total. The second-order valence-corrected chi connectivity index (χ2v) is 7.13. The van der Waals surface area contributed by atoms with Gasteiger partial charge in [-0.2, -0.15) is 0 Å². The molecule has 0 bridgehead atoms. The van der Waals surface area contributed by atoms with Crippen LogP contribution in [0.4, 0.5) is 11.4 Å². The molecule has 0 aliphatic heterocycles. The highest BCUT2D eigenvalue weighted by atomic mass is 32.2. The van der Waals surface area contributed by atoms with Crippen molar-refractivity contribution in [3.63, 3.8) is 0 Å².